The first-order chi connectivity index (χ1) is 15.1. The zero-order valence-corrected chi connectivity index (χ0v) is 17.4. The van der Waals surface area contributed by atoms with Crippen LogP contribution in [0.25, 0.3) is 21.7 Å². The Morgan fingerprint density at radius 2 is 1.87 bits per heavy atom. The second-order valence-electron chi connectivity index (χ2n) is 8.34. The van der Waals surface area contributed by atoms with E-state index in [9.17, 15) is 10.2 Å². The number of rotatable bonds is 6. The number of nitrogens with zero attached hydrogens (tertiary/aromatic N) is 2. The molecule has 0 amide bonds. The van der Waals surface area contributed by atoms with Crippen LogP contribution in [-0.2, 0) is 5.60 Å². The van der Waals surface area contributed by atoms with Gasteiger partial charge in [0.2, 0.25) is 0 Å². The molecule has 160 valence electrons. The van der Waals surface area contributed by atoms with Crippen LogP contribution in [0.5, 0.6) is 5.75 Å². The maximum absolute atomic E-state index is 11.4. The minimum absolute atomic E-state index is 0.509. The topological polar surface area (TPSA) is 81.6 Å². The van der Waals surface area contributed by atoms with E-state index in [1.54, 1.807) is 6.20 Å². The predicted molar refractivity (Wildman–Crippen MR) is 121 cm³/mol. The Labute approximate surface area is 181 Å². The van der Waals surface area contributed by atoms with Gasteiger partial charge < -0.3 is 24.8 Å². The fourth-order valence-corrected chi connectivity index (χ4v) is 4.56. The summed E-state index contributed by atoms with van der Waals surface area (Å²) in [5.41, 5.74) is 1.03. The van der Waals surface area contributed by atoms with Crippen molar-refractivity contribution in [3.05, 3.63) is 72.7 Å². The van der Waals surface area contributed by atoms with Gasteiger partial charge in [-0.1, -0.05) is 30.3 Å². The Bertz CT molecular complexity index is 1180. The van der Waals surface area contributed by atoms with Crippen molar-refractivity contribution in [2.75, 3.05) is 19.6 Å². The van der Waals surface area contributed by atoms with Gasteiger partial charge in [-0.3, -0.25) is 4.98 Å². The standard InChI is InChI=1S/C25H27N3O3/c29-24(31-23-7-3-6-22-20(23)8-12-27-22)9-13-28-14-10-25(30,11-15-28)21-17-26-16-18-4-1-2-5-19(18)21/h1-8,12,16-17,24,27,29-30H,9-11,13-15H2. The highest BCUT2D eigenvalue weighted by Gasteiger charge is 2.35. The van der Waals surface area contributed by atoms with Gasteiger partial charge in [-0.15, -0.1) is 0 Å². The van der Waals surface area contributed by atoms with Crippen molar-refractivity contribution in [3.8, 4) is 5.75 Å². The summed E-state index contributed by atoms with van der Waals surface area (Å²) in [4.78, 5) is 9.77. The van der Waals surface area contributed by atoms with E-state index >= 15 is 0 Å². The van der Waals surface area contributed by atoms with Gasteiger partial charge in [-0.05, 0) is 36.4 Å². The molecule has 6 heteroatoms. The largest absolute Gasteiger partial charge is 0.464 e. The summed E-state index contributed by atoms with van der Waals surface area (Å²) in [6, 6.07) is 15.8. The quantitative estimate of drug-likeness (QED) is 0.416. The van der Waals surface area contributed by atoms with Crippen LogP contribution in [0.3, 0.4) is 0 Å². The second kappa shape index (κ2) is 8.30. The molecule has 0 aliphatic carbocycles. The molecule has 31 heavy (non-hydrogen) atoms. The Hall–Kier alpha value is -2.93. The van der Waals surface area contributed by atoms with Crippen molar-refractivity contribution >= 4 is 21.7 Å². The van der Waals surface area contributed by atoms with Crippen LogP contribution in [0.2, 0.25) is 0 Å². The van der Waals surface area contributed by atoms with Gasteiger partial charge in [0.25, 0.3) is 0 Å². The van der Waals surface area contributed by atoms with Crippen molar-refractivity contribution in [3.63, 3.8) is 0 Å². The van der Waals surface area contributed by atoms with Crippen LogP contribution >= 0.6 is 0 Å². The van der Waals surface area contributed by atoms with Gasteiger partial charge in [-0.2, -0.15) is 0 Å². The number of H-pyrrole nitrogens is 1. The summed E-state index contributed by atoms with van der Waals surface area (Å²) in [6.45, 7) is 2.24. The molecule has 2 aromatic heterocycles. The average molecular weight is 418 g/mol. The number of hydrogen-bond acceptors (Lipinski definition) is 5. The number of aliphatic hydroxyl groups excluding tert-OH is 1. The SMILES string of the molecule is OC(CCN1CCC(O)(c2cncc3ccccc23)CC1)Oc1cccc2[nH]ccc12. The fraction of sp³-hybridized carbons (Fsp3) is 0.320. The summed E-state index contributed by atoms with van der Waals surface area (Å²) in [5, 5.41) is 24.9. The smallest absolute Gasteiger partial charge is 0.198 e. The maximum Gasteiger partial charge on any atom is 0.198 e. The Balaban J connectivity index is 1.19. The zero-order valence-electron chi connectivity index (χ0n) is 17.4. The average Bonchev–Trinajstić information content (AvgIpc) is 3.28. The van der Waals surface area contributed by atoms with Gasteiger partial charge in [-0.25, -0.2) is 0 Å². The first-order valence-electron chi connectivity index (χ1n) is 10.8. The van der Waals surface area contributed by atoms with Crippen LogP contribution in [0.15, 0.2) is 67.1 Å². The number of benzene rings is 2. The van der Waals surface area contributed by atoms with Gasteiger partial charge in [0.1, 0.15) is 5.75 Å². The normalized spacial score (nSPS) is 17.7. The van der Waals surface area contributed by atoms with Crippen molar-refractivity contribution in [1.29, 1.82) is 0 Å². The molecule has 1 unspecified atom stereocenters. The molecule has 0 bridgehead atoms. The lowest BCUT2D eigenvalue weighted by molar-refractivity contribution is -0.0466. The molecule has 6 nitrogen and oxygen atoms in total. The number of aromatic nitrogens is 2. The number of fused-ring (bicyclic) bond motifs is 2. The van der Waals surface area contributed by atoms with Crippen LogP contribution in [0.4, 0.5) is 0 Å². The zero-order chi connectivity index (χ0) is 21.3. The van der Waals surface area contributed by atoms with E-state index in [0.717, 1.165) is 40.3 Å². The van der Waals surface area contributed by atoms with E-state index in [4.69, 9.17) is 4.74 Å². The highest BCUT2D eigenvalue weighted by atomic mass is 16.6. The molecular weight excluding hydrogens is 390 g/mol. The summed E-state index contributed by atoms with van der Waals surface area (Å²) < 4.78 is 5.79. The molecule has 1 saturated heterocycles. The molecule has 4 aromatic rings. The Morgan fingerprint density at radius 3 is 2.74 bits per heavy atom. The van der Waals surface area contributed by atoms with Crippen LogP contribution in [0.1, 0.15) is 24.8 Å². The van der Waals surface area contributed by atoms with Crippen LogP contribution < -0.4 is 4.74 Å². The third kappa shape index (κ3) is 4.02. The Kier molecular flexibility index (Phi) is 5.36. The lowest BCUT2D eigenvalue weighted by Gasteiger charge is -2.39. The summed E-state index contributed by atoms with van der Waals surface area (Å²) in [5.74, 6) is 0.683. The third-order valence-electron chi connectivity index (χ3n) is 6.36. The molecule has 5 rings (SSSR count). The number of piperidine rings is 1. The molecule has 2 aromatic carbocycles. The predicted octanol–water partition coefficient (Wildman–Crippen LogP) is 3.79. The molecular formula is C25H27N3O3. The number of nitrogens with one attached hydrogen (secondary N) is 1. The first-order valence-corrected chi connectivity index (χ1v) is 10.8. The number of ether oxygens (including phenoxy) is 1. The van der Waals surface area contributed by atoms with Crippen molar-refractivity contribution < 1.29 is 14.9 Å². The van der Waals surface area contributed by atoms with Crippen LogP contribution in [0, 0.1) is 0 Å². The first kappa shape index (κ1) is 20.0. The molecule has 3 heterocycles. The Morgan fingerprint density at radius 1 is 1.03 bits per heavy atom. The van der Waals surface area contributed by atoms with Gasteiger partial charge in [0.15, 0.2) is 6.29 Å². The minimum atomic E-state index is -0.872. The van der Waals surface area contributed by atoms with E-state index < -0.39 is 11.9 Å². The van der Waals surface area contributed by atoms with Gasteiger partial charge >= 0.3 is 0 Å². The van der Waals surface area contributed by atoms with Gasteiger partial charge in [0.05, 0.1) is 5.60 Å². The third-order valence-corrected chi connectivity index (χ3v) is 6.36. The number of aliphatic hydroxyl groups is 2. The van der Waals surface area contributed by atoms with E-state index in [1.165, 1.54) is 0 Å². The summed E-state index contributed by atoms with van der Waals surface area (Å²) >= 11 is 0. The molecule has 1 fully saturated rings. The van der Waals surface area contributed by atoms with Crippen molar-refractivity contribution in [1.82, 2.24) is 14.9 Å². The molecule has 0 saturated carbocycles. The van der Waals surface area contributed by atoms with Crippen molar-refractivity contribution in [2.45, 2.75) is 31.2 Å². The lowest BCUT2D eigenvalue weighted by atomic mass is 9.83. The molecule has 1 atom stereocenters. The monoisotopic (exact) mass is 417 g/mol. The fourth-order valence-electron chi connectivity index (χ4n) is 4.56. The molecule has 1 aliphatic rings. The van der Waals surface area contributed by atoms with Gasteiger partial charge in [0, 0.05) is 66.5 Å². The summed E-state index contributed by atoms with van der Waals surface area (Å²) in [7, 11) is 0. The maximum atomic E-state index is 11.4. The van der Waals surface area contributed by atoms with E-state index in [2.05, 4.69) is 20.9 Å². The highest BCUT2D eigenvalue weighted by Crippen LogP contribution is 2.36. The van der Waals surface area contributed by atoms with Crippen LogP contribution in [-0.4, -0.2) is 51.0 Å². The molecule has 3 N–H and O–H groups in total. The second-order valence-corrected chi connectivity index (χ2v) is 8.34. The number of likely N-dealkylation sites (tertiary alicyclic amines) is 1. The van der Waals surface area contributed by atoms with E-state index in [-0.39, 0.29) is 0 Å². The molecule has 1 aliphatic heterocycles. The number of pyridine rings is 1. The molecule has 0 spiro atoms. The van der Waals surface area contributed by atoms with E-state index in [1.807, 2.05) is 54.9 Å². The molecule has 0 radical (unpaired) electrons. The van der Waals surface area contributed by atoms with Crippen molar-refractivity contribution in [2.24, 2.45) is 0 Å². The summed E-state index contributed by atoms with van der Waals surface area (Å²) in [6.07, 6.45) is 6.43. The highest BCUT2D eigenvalue weighted by molar-refractivity contribution is 5.86. The van der Waals surface area contributed by atoms with E-state index in [0.29, 0.717) is 31.6 Å². The lowest BCUT2D eigenvalue weighted by Crippen LogP contribution is -2.43. The minimum Gasteiger partial charge on any atom is -0.464 e. The number of hydrogen-bond donors (Lipinski definition) is 3. The number of aromatic amines is 1.